The fourth-order valence-electron chi connectivity index (χ4n) is 2.76. The van der Waals surface area contributed by atoms with Crippen molar-refractivity contribution in [1.29, 1.82) is 0 Å². The normalized spacial score (nSPS) is 15.0. The van der Waals surface area contributed by atoms with Crippen LogP contribution in [0.4, 0.5) is 4.79 Å². The van der Waals surface area contributed by atoms with Crippen LogP contribution in [0.25, 0.3) is 0 Å². The first-order valence-corrected chi connectivity index (χ1v) is 9.10. The van der Waals surface area contributed by atoms with Crippen LogP contribution in [-0.4, -0.2) is 66.9 Å². The van der Waals surface area contributed by atoms with E-state index in [0.717, 1.165) is 6.42 Å². The summed E-state index contributed by atoms with van der Waals surface area (Å²) in [7, 11) is 0. The molecule has 4 amide bonds. The summed E-state index contributed by atoms with van der Waals surface area (Å²) >= 11 is 0. The van der Waals surface area contributed by atoms with Crippen molar-refractivity contribution in [2.24, 2.45) is 5.92 Å². The Bertz CT molecular complexity index is 610. The van der Waals surface area contributed by atoms with Crippen molar-refractivity contribution in [3.63, 3.8) is 0 Å². The Morgan fingerprint density at radius 3 is 2.31 bits per heavy atom. The van der Waals surface area contributed by atoms with Gasteiger partial charge in [-0.05, 0) is 24.5 Å². The number of amides is 4. The van der Waals surface area contributed by atoms with Crippen molar-refractivity contribution >= 4 is 17.8 Å². The number of rotatable bonds is 6. The molecule has 2 rings (SSSR count). The van der Waals surface area contributed by atoms with Crippen LogP contribution in [0, 0.1) is 5.92 Å². The summed E-state index contributed by atoms with van der Waals surface area (Å²) in [4.78, 5) is 39.8. The highest BCUT2D eigenvalue weighted by Gasteiger charge is 2.23. The fourth-order valence-corrected chi connectivity index (χ4v) is 2.76. The molecule has 1 heterocycles. The van der Waals surface area contributed by atoms with Crippen LogP contribution in [0.5, 0.6) is 0 Å². The van der Waals surface area contributed by atoms with E-state index in [-0.39, 0.29) is 18.4 Å². The molecule has 1 aromatic carbocycles. The molecule has 0 saturated carbocycles. The molecule has 0 bridgehead atoms. The van der Waals surface area contributed by atoms with E-state index in [9.17, 15) is 14.4 Å². The SMILES string of the molecule is CC(C)CCNC(=O)NC(=O)CN1CCN(C(=O)c2ccccc2)CC1. The molecule has 7 heteroatoms. The predicted octanol–water partition coefficient (Wildman–Crippen LogP) is 1.32. The summed E-state index contributed by atoms with van der Waals surface area (Å²) in [5, 5.41) is 5.03. The van der Waals surface area contributed by atoms with Crippen LogP contribution in [0.15, 0.2) is 30.3 Å². The lowest BCUT2D eigenvalue weighted by atomic mass is 10.1. The van der Waals surface area contributed by atoms with Gasteiger partial charge in [0, 0.05) is 38.3 Å². The maximum Gasteiger partial charge on any atom is 0.321 e. The van der Waals surface area contributed by atoms with E-state index in [4.69, 9.17) is 0 Å². The molecule has 7 nitrogen and oxygen atoms in total. The van der Waals surface area contributed by atoms with Crippen molar-refractivity contribution in [2.45, 2.75) is 20.3 Å². The molecule has 142 valence electrons. The monoisotopic (exact) mass is 360 g/mol. The molecule has 0 unspecified atom stereocenters. The Balaban J connectivity index is 1.69. The topological polar surface area (TPSA) is 81.8 Å². The smallest absolute Gasteiger partial charge is 0.321 e. The average molecular weight is 360 g/mol. The van der Waals surface area contributed by atoms with Crippen LogP contribution in [0.3, 0.4) is 0 Å². The number of carbonyl (C=O) groups excluding carboxylic acids is 3. The average Bonchev–Trinajstić information content (AvgIpc) is 2.62. The zero-order valence-electron chi connectivity index (χ0n) is 15.5. The van der Waals surface area contributed by atoms with Crippen molar-refractivity contribution in [2.75, 3.05) is 39.3 Å². The summed E-state index contributed by atoms with van der Waals surface area (Å²) in [6.07, 6.45) is 0.874. The minimum Gasteiger partial charge on any atom is -0.338 e. The third-order valence-corrected chi connectivity index (χ3v) is 4.31. The minimum absolute atomic E-state index is 0.0132. The molecule has 1 aromatic rings. The van der Waals surface area contributed by atoms with Gasteiger partial charge < -0.3 is 10.2 Å². The van der Waals surface area contributed by atoms with Crippen molar-refractivity contribution in [1.82, 2.24) is 20.4 Å². The highest BCUT2D eigenvalue weighted by molar-refractivity contribution is 5.95. The number of nitrogens with one attached hydrogen (secondary N) is 2. The lowest BCUT2D eigenvalue weighted by Crippen LogP contribution is -2.52. The number of urea groups is 1. The molecule has 0 aromatic heterocycles. The molecule has 0 aliphatic carbocycles. The Labute approximate surface area is 154 Å². The zero-order chi connectivity index (χ0) is 18.9. The van der Waals surface area contributed by atoms with E-state index in [1.165, 1.54) is 0 Å². The molecule has 1 saturated heterocycles. The van der Waals surface area contributed by atoms with E-state index in [1.807, 2.05) is 23.1 Å². The van der Waals surface area contributed by atoms with Gasteiger partial charge in [0.1, 0.15) is 0 Å². The van der Waals surface area contributed by atoms with Gasteiger partial charge in [0.2, 0.25) is 5.91 Å². The maximum absolute atomic E-state index is 12.4. The van der Waals surface area contributed by atoms with Gasteiger partial charge in [0.05, 0.1) is 6.54 Å². The third-order valence-electron chi connectivity index (χ3n) is 4.31. The van der Waals surface area contributed by atoms with Crippen molar-refractivity contribution < 1.29 is 14.4 Å². The molecule has 2 N–H and O–H groups in total. The van der Waals surface area contributed by atoms with Crippen LogP contribution in [0.1, 0.15) is 30.6 Å². The van der Waals surface area contributed by atoms with E-state index >= 15 is 0 Å². The first-order chi connectivity index (χ1) is 12.5. The summed E-state index contributed by atoms with van der Waals surface area (Å²) in [5.41, 5.74) is 0.678. The van der Waals surface area contributed by atoms with Gasteiger partial charge in [0.15, 0.2) is 0 Å². The van der Waals surface area contributed by atoms with Crippen LogP contribution < -0.4 is 10.6 Å². The molecule has 0 spiro atoms. The molecule has 1 aliphatic rings. The van der Waals surface area contributed by atoms with Crippen LogP contribution in [-0.2, 0) is 4.79 Å². The largest absolute Gasteiger partial charge is 0.338 e. The Hall–Kier alpha value is -2.41. The summed E-state index contributed by atoms with van der Waals surface area (Å²) in [6, 6.07) is 8.74. The van der Waals surface area contributed by atoms with Crippen molar-refractivity contribution in [3.8, 4) is 0 Å². The number of imide groups is 1. The molecule has 1 aliphatic heterocycles. The van der Waals surface area contributed by atoms with Crippen molar-refractivity contribution in [3.05, 3.63) is 35.9 Å². The van der Waals surface area contributed by atoms with Gasteiger partial charge >= 0.3 is 6.03 Å². The number of piperazine rings is 1. The van der Waals surface area contributed by atoms with E-state index in [0.29, 0.717) is 44.2 Å². The fraction of sp³-hybridized carbons (Fsp3) is 0.526. The van der Waals surface area contributed by atoms with Gasteiger partial charge in [-0.3, -0.25) is 19.8 Å². The van der Waals surface area contributed by atoms with Gasteiger partial charge in [-0.25, -0.2) is 4.79 Å². The zero-order valence-corrected chi connectivity index (χ0v) is 15.5. The number of hydrogen-bond acceptors (Lipinski definition) is 4. The Morgan fingerprint density at radius 1 is 1.04 bits per heavy atom. The molecular weight excluding hydrogens is 332 g/mol. The molecule has 26 heavy (non-hydrogen) atoms. The molecule has 0 radical (unpaired) electrons. The van der Waals surface area contributed by atoms with Gasteiger partial charge in [-0.1, -0.05) is 32.0 Å². The third kappa shape index (κ3) is 6.48. The standard InChI is InChI=1S/C19H28N4O3/c1-15(2)8-9-20-19(26)21-17(24)14-22-10-12-23(13-11-22)18(25)16-6-4-3-5-7-16/h3-7,15H,8-14H2,1-2H3,(H2,20,21,24,26). The lowest BCUT2D eigenvalue weighted by Gasteiger charge is -2.34. The minimum atomic E-state index is -0.450. The van der Waals surface area contributed by atoms with Crippen LogP contribution >= 0.6 is 0 Å². The van der Waals surface area contributed by atoms with Gasteiger partial charge in [-0.2, -0.15) is 0 Å². The van der Waals surface area contributed by atoms with E-state index < -0.39 is 6.03 Å². The number of hydrogen-bond donors (Lipinski definition) is 2. The summed E-state index contributed by atoms with van der Waals surface area (Å²) in [5.74, 6) is 0.190. The Morgan fingerprint density at radius 2 is 1.69 bits per heavy atom. The lowest BCUT2D eigenvalue weighted by molar-refractivity contribution is -0.121. The first kappa shape index (κ1) is 19.9. The summed E-state index contributed by atoms with van der Waals surface area (Å²) in [6.45, 7) is 7.23. The second-order valence-electron chi connectivity index (χ2n) is 6.92. The molecular formula is C19H28N4O3. The number of nitrogens with zero attached hydrogens (tertiary/aromatic N) is 2. The quantitative estimate of drug-likeness (QED) is 0.802. The highest BCUT2D eigenvalue weighted by Crippen LogP contribution is 2.08. The molecule has 0 atom stereocenters. The summed E-state index contributed by atoms with van der Waals surface area (Å²) < 4.78 is 0. The first-order valence-electron chi connectivity index (χ1n) is 9.10. The second-order valence-corrected chi connectivity index (χ2v) is 6.92. The Kier molecular flexibility index (Phi) is 7.59. The maximum atomic E-state index is 12.4. The molecule has 1 fully saturated rings. The number of benzene rings is 1. The van der Waals surface area contributed by atoms with Gasteiger partial charge in [-0.15, -0.1) is 0 Å². The second kappa shape index (κ2) is 9.91. The van der Waals surface area contributed by atoms with Crippen LogP contribution in [0.2, 0.25) is 0 Å². The van der Waals surface area contributed by atoms with E-state index in [2.05, 4.69) is 24.5 Å². The predicted molar refractivity (Wildman–Crippen MR) is 99.8 cm³/mol. The number of carbonyl (C=O) groups is 3. The van der Waals surface area contributed by atoms with Gasteiger partial charge in [0.25, 0.3) is 5.91 Å². The highest BCUT2D eigenvalue weighted by atomic mass is 16.2. The van der Waals surface area contributed by atoms with E-state index in [1.54, 1.807) is 17.0 Å².